The van der Waals surface area contributed by atoms with E-state index in [-0.39, 0.29) is 155 Å². The lowest BCUT2D eigenvalue weighted by molar-refractivity contribution is -0.162. The van der Waals surface area contributed by atoms with Crippen molar-refractivity contribution < 1.29 is 163 Å². The number of terminal acetylenes is 1. The van der Waals surface area contributed by atoms with Crippen LogP contribution >= 0.6 is 11.3 Å². The quantitative estimate of drug-likeness (QED) is 0.00593. The predicted molar refractivity (Wildman–Crippen MR) is 531 cm³/mol. The van der Waals surface area contributed by atoms with Crippen LogP contribution in [0.25, 0.3) is 0 Å². The molecule has 2 aromatic heterocycles. The average Bonchev–Trinajstić information content (AvgIpc) is 1.39. The van der Waals surface area contributed by atoms with Crippen LogP contribution in [0.1, 0.15) is 264 Å². The number of hydrogen-bond acceptors (Lipinski definition) is 37. The Morgan fingerprint density at radius 3 is 1.01 bits per heavy atom. The Kier molecular flexibility index (Phi) is 46.2. The lowest BCUT2D eigenvalue weighted by Crippen LogP contribution is -2.36. The first-order valence-electron chi connectivity index (χ1n) is 47.8. The molecule has 0 saturated heterocycles. The molecule has 0 unspecified atom stereocenters. The molecule has 37 nitrogen and oxygen atoms in total. The van der Waals surface area contributed by atoms with E-state index in [4.69, 9.17) is 72.3 Å². The summed E-state index contributed by atoms with van der Waals surface area (Å²) < 4.78 is 74.6. The predicted octanol–water partition coefficient (Wildman–Crippen LogP) is 12.6. The van der Waals surface area contributed by atoms with E-state index in [1.807, 2.05) is 16.7 Å². The number of carbonyl (C=O) groups is 15. The van der Waals surface area contributed by atoms with E-state index >= 15 is 0 Å². The maximum Gasteiger partial charge on any atom is 0.526 e. The molecule has 0 spiro atoms. The molecule has 774 valence electrons. The van der Waals surface area contributed by atoms with Crippen molar-refractivity contribution in [3.63, 3.8) is 0 Å². The molecule has 0 fully saturated rings. The number of carbonyl (C=O) groups excluding carboxylic acids is 15. The summed E-state index contributed by atoms with van der Waals surface area (Å²) in [4.78, 5) is 189. The highest BCUT2D eigenvalue weighted by molar-refractivity contribution is 7.09. The summed E-state index contributed by atoms with van der Waals surface area (Å²) in [7, 11) is -4.49. The third kappa shape index (κ3) is 37.6. The van der Waals surface area contributed by atoms with E-state index in [1.54, 1.807) is 160 Å². The zero-order valence-electron chi connectivity index (χ0n) is 84.0. The molecule has 5 atom stereocenters. The number of hydrogen-bond donors (Lipinski definition) is 5. The molecule has 43 heteroatoms. The van der Waals surface area contributed by atoms with Crippen LogP contribution in [0.5, 0.6) is 28.7 Å². The van der Waals surface area contributed by atoms with Gasteiger partial charge in [-0.2, -0.15) is 0 Å². The summed E-state index contributed by atoms with van der Waals surface area (Å²) in [6, 6.07) is 25.1. The van der Waals surface area contributed by atoms with E-state index in [0.717, 1.165) is 16.0 Å². The summed E-state index contributed by atoms with van der Waals surface area (Å²) in [5.41, 5.74) is 4.12. The van der Waals surface area contributed by atoms with Gasteiger partial charge in [0.25, 0.3) is 0 Å². The second-order valence-electron chi connectivity index (χ2n) is 38.4. The molecule has 0 radical (unpaired) electrons. The zero-order valence-corrected chi connectivity index (χ0v) is 84.8. The van der Waals surface area contributed by atoms with Gasteiger partial charge in [0.15, 0.2) is 0 Å². The Hall–Kier alpha value is -13.0. The van der Waals surface area contributed by atoms with Crippen molar-refractivity contribution in [2.45, 2.75) is 254 Å². The third-order valence-electron chi connectivity index (χ3n) is 23.3. The number of nitrogens with zero attached hydrogens (tertiary/aromatic N) is 3. The molecule has 0 bridgehead atoms. The molecular formula is C102H126B5N3O34S. The largest absolute Gasteiger partial charge is 0.535 e. The van der Waals surface area contributed by atoms with Crippen molar-refractivity contribution in [2.75, 3.05) is 47.3 Å². The SMILES string of the molecule is C#CCCC(=O)C[C@H]1Cc2cccc(C(=O)OCOC(=O)C(C)(C)C)c2OB1O.CC(=O)CCCC(=O)C[C@H]1Cc2cccc(C(=O)OCOC(=O)C(C)(C)C)c2OB1O.CC(C)(C)C(=O)OCOC(=O)c1cccc2c1OB(O)[C@@H](CC(=O)CCn1ccnc1)C2.CCOC(=O)c1cccc2c1OB(O)[C@@H](CC(=O)CCCC(C)=O)C2.COCCOC(=O)c1cccc2c1OB(O)[C@@H](CC(=O)CCc1cncs1)C2. The van der Waals surface area contributed by atoms with Crippen LogP contribution in [0.15, 0.2) is 121 Å². The zero-order chi connectivity index (χ0) is 106. The smallest absolute Gasteiger partial charge is 0.526 e. The molecular weight excluding hydrogens is 1900 g/mol. The number of ketones is 7. The van der Waals surface area contributed by atoms with Gasteiger partial charge in [-0.15, -0.1) is 23.7 Å². The first-order valence-corrected chi connectivity index (χ1v) is 48.7. The van der Waals surface area contributed by atoms with Gasteiger partial charge in [-0.1, -0.05) is 60.7 Å². The van der Waals surface area contributed by atoms with Crippen LogP contribution in [0.2, 0.25) is 29.1 Å². The van der Waals surface area contributed by atoms with Crippen molar-refractivity contribution in [1.29, 1.82) is 0 Å². The fourth-order valence-electron chi connectivity index (χ4n) is 15.4. The Bertz CT molecular complexity index is 5690. The van der Waals surface area contributed by atoms with Gasteiger partial charge < -0.3 is 105 Å². The van der Waals surface area contributed by atoms with Gasteiger partial charge in [-0.25, -0.2) is 29.0 Å². The number of fused-ring (bicyclic) bond motifs is 5. The lowest BCUT2D eigenvalue weighted by Gasteiger charge is -2.28. The highest BCUT2D eigenvalue weighted by atomic mass is 32.1. The highest BCUT2D eigenvalue weighted by Gasteiger charge is 2.44. The number of esters is 8. The maximum absolute atomic E-state index is 12.5. The number of rotatable bonds is 41. The minimum absolute atomic E-state index is 0.00102. The first-order chi connectivity index (χ1) is 68.8. The van der Waals surface area contributed by atoms with E-state index in [0.29, 0.717) is 131 Å². The summed E-state index contributed by atoms with van der Waals surface area (Å²) in [5, 5.41) is 51.7. The van der Waals surface area contributed by atoms with Crippen molar-refractivity contribution in [1.82, 2.24) is 14.5 Å². The molecule has 0 saturated carbocycles. The number of para-hydroxylation sites is 5. The Balaban J connectivity index is 0.000000222. The highest BCUT2D eigenvalue weighted by Crippen LogP contribution is 2.43. The molecule has 0 amide bonds. The number of thiazole rings is 1. The second-order valence-corrected chi connectivity index (χ2v) is 39.4. The monoisotopic (exact) mass is 2020 g/mol. The average molecular weight is 2020 g/mol. The normalized spacial score (nSPS) is 15.6. The van der Waals surface area contributed by atoms with Gasteiger partial charge in [0, 0.05) is 150 Å². The number of Topliss-reactive ketones (excluding diaryl/α,β-unsaturated/α-hetero) is 7. The Morgan fingerprint density at radius 1 is 0.414 bits per heavy atom. The van der Waals surface area contributed by atoms with Crippen LogP contribution in [0.4, 0.5) is 0 Å². The van der Waals surface area contributed by atoms with Crippen molar-refractivity contribution in [3.8, 4) is 41.1 Å². The first kappa shape index (κ1) is 117. The summed E-state index contributed by atoms with van der Waals surface area (Å²) in [6.07, 6.45) is 19.2. The van der Waals surface area contributed by atoms with Gasteiger partial charge in [0.1, 0.15) is 104 Å². The standard InChI is InChI=1S/C22H27BN2O7.C22H29BO8.C21H25BO7.C19H22BNO6S.C18H23BO6/c1-22(2,3)21(28)31-14-30-20(27)18-6-4-5-15-11-16(23(29)32-19(15)18)12-17(26)7-9-25-10-8-24-13-25;1-14(24)7-5-9-17(25)12-16-11-15-8-6-10-18(19(15)31-23(16)28)20(26)29-13-30-21(27)22(2,3)4;1-5-6-9-16(23)12-15-11-14-8-7-10-17(18(14)29-22(15)26)19(24)27-13-28-20(25)21(2,3)4;1-25-7-8-26-19(23)17-4-2-3-13-9-14(20(24)27-18(13)17)10-15(22)5-6-16-11-21-12-28-16;1-3-24-18(22)16-9-5-7-13-10-14(19(23)25-17(13)16)11-15(21)8-4-6-12(2)20/h4-6,8,10,13,16,29H,7,9,11-12,14H2,1-3H3;6,8,10,16,28H,5,7,9,11-13H2,1-4H3;1,7-8,10,15,26H,6,9,11-13H2,2-4H3;2-4,11-12,14,24H,5-10H2,1H3;5,7,9,14,23H,3-4,6,8,10-11H2,1-2H3/t2*16-;15-;2*14-/m11111/s1. The molecule has 12 rings (SSSR count). The minimum atomic E-state index is -1.25. The van der Waals surface area contributed by atoms with E-state index < -0.39 is 137 Å². The molecule has 5 aliphatic rings. The van der Waals surface area contributed by atoms with Crippen LogP contribution in [0.3, 0.4) is 0 Å². The minimum Gasteiger partial charge on any atom is -0.535 e. The Morgan fingerprint density at radius 2 is 0.724 bits per heavy atom. The number of aromatic nitrogens is 3. The van der Waals surface area contributed by atoms with Crippen LogP contribution < -0.4 is 23.3 Å². The van der Waals surface area contributed by atoms with Gasteiger partial charge in [-0.05, 0) is 193 Å². The number of methoxy groups -OCH3 is 1. The summed E-state index contributed by atoms with van der Waals surface area (Å²) >= 11 is 1.52. The summed E-state index contributed by atoms with van der Waals surface area (Å²) in [5.74, 6) is -2.96. The van der Waals surface area contributed by atoms with Crippen LogP contribution in [-0.4, -0.2) is 211 Å². The molecule has 5 aromatic carbocycles. The molecule has 0 aliphatic carbocycles. The Labute approximate surface area is 848 Å². The number of ether oxygens (including phenoxy) is 9. The van der Waals surface area contributed by atoms with Crippen molar-refractivity contribution >= 4 is 135 Å². The molecule has 145 heavy (non-hydrogen) atoms. The van der Waals surface area contributed by atoms with Gasteiger partial charge in [-0.3, -0.25) is 43.3 Å². The third-order valence-corrected chi connectivity index (χ3v) is 24.1. The molecule has 5 aliphatic heterocycles. The number of aryl methyl sites for hydroxylation is 2. The summed E-state index contributed by atoms with van der Waals surface area (Å²) in [6.45, 7) is 19.5. The van der Waals surface area contributed by atoms with E-state index in [2.05, 4.69) is 15.9 Å². The van der Waals surface area contributed by atoms with Crippen LogP contribution in [0, 0.1) is 28.6 Å². The molecule has 5 N–H and O–H groups in total. The van der Waals surface area contributed by atoms with E-state index in [1.165, 1.54) is 50.5 Å². The fraction of sp³-hybridized carbons (Fsp3) is 0.480. The molecule has 7 heterocycles. The fourth-order valence-corrected chi connectivity index (χ4v) is 16.0. The van der Waals surface area contributed by atoms with Gasteiger partial charge in [0.2, 0.25) is 20.4 Å². The number of imidazole rings is 1. The maximum atomic E-state index is 12.5. The van der Waals surface area contributed by atoms with Crippen LogP contribution in [-0.2, 0) is 136 Å². The number of benzene rings is 5. The van der Waals surface area contributed by atoms with Gasteiger partial charge >= 0.3 is 83.3 Å². The van der Waals surface area contributed by atoms with E-state index in [9.17, 15) is 97.0 Å². The lowest BCUT2D eigenvalue weighted by atomic mass is 9.64. The molecule has 7 aromatic rings. The van der Waals surface area contributed by atoms with Gasteiger partial charge in [0.05, 0.1) is 41.3 Å². The van der Waals surface area contributed by atoms with Crippen molar-refractivity contribution in [3.05, 3.63) is 182 Å². The second kappa shape index (κ2) is 57.1. The topological polar surface area (TPSA) is 517 Å². The van der Waals surface area contributed by atoms with Crippen molar-refractivity contribution in [2.24, 2.45) is 16.2 Å².